The molecule has 0 saturated carbocycles. The fourth-order valence-corrected chi connectivity index (χ4v) is 2.76. The Bertz CT molecular complexity index is 464. The van der Waals surface area contributed by atoms with E-state index in [1.165, 1.54) is 17.5 Å². The number of methoxy groups -OCH3 is 1. The highest BCUT2D eigenvalue weighted by molar-refractivity contribution is 5.90. The fourth-order valence-electron chi connectivity index (χ4n) is 2.76. The number of carboxylic acids is 1. The minimum absolute atomic E-state index is 0.434. The van der Waals surface area contributed by atoms with Gasteiger partial charge in [0, 0.05) is 7.11 Å². The first-order valence-electron chi connectivity index (χ1n) is 7.87. The Hall–Kier alpha value is -1.35. The monoisotopic (exact) mass is 292 g/mol. The summed E-state index contributed by atoms with van der Waals surface area (Å²) >= 11 is 0. The summed E-state index contributed by atoms with van der Waals surface area (Å²) in [5, 5.41) is 9.43. The van der Waals surface area contributed by atoms with E-state index >= 15 is 0 Å². The van der Waals surface area contributed by atoms with Gasteiger partial charge in [-0.05, 0) is 54.4 Å². The average molecular weight is 292 g/mol. The molecule has 0 amide bonds. The Morgan fingerprint density at radius 3 is 2.48 bits per heavy atom. The normalized spacial score (nSPS) is 11.1. The maximum atomic E-state index is 11.5. The number of ether oxygens (including phenoxy) is 1. The van der Waals surface area contributed by atoms with Crippen LogP contribution in [0, 0.1) is 5.92 Å². The van der Waals surface area contributed by atoms with Crippen molar-refractivity contribution in [3.63, 3.8) is 0 Å². The summed E-state index contributed by atoms with van der Waals surface area (Å²) in [5.74, 6) is -0.158. The number of aromatic carboxylic acids is 1. The molecule has 118 valence electrons. The van der Waals surface area contributed by atoms with Crippen molar-refractivity contribution in [2.75, 3.05) is 13.7 Å². The van der Waals surface area contributed by atoms with Gasteiger partial charge in [-0.15, -0.1) is 0 Å². The number of hydrogen-bond donors (Lipinski definition) is 1. The molecule has 3 nitrogen and oxygen atoms in total. The molecule has 0 spiro atoms. The van der Waals surface area contributed by atoms with Gasteiger partial charge in [0.25, 0.3) is 0 Å². The molecular formula is C18H28O3. The van der Waals surface area contributed by atoms with Gasteiger partial charge < -0.3 is 9.84 Å². The molecule has 0 heterocycles. The second-order valence-corrected chi connectivity index (χ2v) is 5.92. The first-order chi connectivity index (χ1) is 10.0. The van der Waals surface area contributed by atoms with Crippen LogP contribution >= 0.6 is 0 Å². The van der Waals surface area contributed by atoms with E-state index in [4.69, 9.17) is 4.74 Å². The summed E-state index contributed by atoms with van der Waals surface area (Å²) in [5.41, 5.74) is 3.90. The Morgan fingerprint density at radius 2 is 1.95 bits per heavy atom. The molecule has 0 fully saturated rings. The lowest BCUT2D eigenvalue weighted by Gasteiger charge is -2.17. The predicted molar refractivity (Wildman–Crippen MR) is 86.1 cm³/mol. The molecule has 0 aromatic heterocycles. The number of aryl methyl sites for hydroxylation is 1. The van der Waals surface area contributed by atoms with Crippen molar-refractivity contribution in [3.8, 4) is 0 Å². The second kappa shape index (κ2) is 8.83. The van der Waals surface area contributed by atoms with Gasteiger partial charge in [0.15, 0.2) is 0 Å². The first kappa shape index (κ1) is 17.7. The van der Waals surface area contributed by atoms with Crippen LogP contribution in [0.4, 0.5) is 0 Å². The zero-order valence-corrected chi connectivity index (χ0v) is 13.7. The van der Waals surface area contributed by atoms with Crippen LogP contribution in [-0.2, 0) is 24.0 Å². The highest BCUT2D eigenvalue weighted by Gasteiger charge is 2.16. The Labute approximate surface area is 128 Å². The largest absolute Gasteiger partial charge is 0.478 e. The topological polar surface area (TPSA) is 46.5 Å². The van der Waals surface area contributed by atoms with E-state index in [0.29, 0.717) is 24.5 Å². The van der Waals surface area contributed by atoms with E-state index in [9.17, 15) is 9.90 Å². The summed E-state index contributed by atoms with van der Waals surface area (Å²) in [4.78, 5) is 11.5. The molecule has 0 radical (unpaired) electrons. The Kier molecular flexibility index (Phi) is 7.44. The third kappa shape index (κ3) is 5.16. The van der Waals surface area contributed by atoms with Crippen molar-refractivity contribution >= 4 is 5.97 Å². The van der Waals surface area contributed by atoms with Gasteiger partial charge in [0.1, 0.15) is 0 Å². The highest BCUT2D eigenvalue weighted by Crippen LogP contribution is 2.24. The Balaban J connectivity index is 3.12. The van der Waals surface area contributed by atoms with Crippen LogP contribution in [0.5, 0.6) is 0 Å². The first-order valence-corrected chi connectivity index (χ1v) is 7.87. The smallest absolute Gasteiger partial charge is 0.335 e. The molecule has 3 heteroatoms. The van der Waals surface area contributed by atoms with Crippen molar-refractivity contribution in [2.45, 2.75) is 52.9 Å². The van der Waals surface area contributed by atoms with Gasteiger partial charge >= 0.3 is 5.97 Å². The number of carbonyl (C=O) groups is 1. The van der Waals surface area contributed by atoms with Gasteiger partial charge in [0.05, 0.1) is 12.2 Å². The quantitative estimate of drug-likeness (QED) is 0.745. The minimum Gasteiger partial charge on any atom is -0.478 e. The number of hydrogen-bond acceptors (Lipinski definition) is 2. The van der Waals surface area contributed by atoms with Gasteiger partial charge in [-0.25, -0.2) is 4.79 Å². The molecule has 1 N–H and O–H groups in total. The van der Waals surface area contributed by atoms with Crippen LogP contribution in [-0.4, -0.2) is 24.8 Å². The standard InChI is InChI=1S/C18H28O3/c1-5-14-9-10-17(18(19)20)16(11-12-21-4)15(14)8-6-7-13(2)3/h9-10,13H,5-8,11-12H2,1-4H3,(H,19,20). The third-order valence-electron chi connectivity index (χ3n) is 3.90. The maximum Gasteiger partial charge on any atom is 0.335 e. The van der Waals surface area contributed by atoms with Gasteiger partial charge in [-0.2, -0.15) is 0 Å². The minimum atomic E-state index is -0.839. The fraction of sp³-hybridized carbons (Fsp3) is 0.611. The molecule has 21 heavy (non-hydrogen) atoms. The van der Waals surface area contributed by atoms with Crippen LogP contribution in [0.25, 0.3) is 0 Å². The Morgan fingerprint density at radius 1 is 1.24 bits per heavy atom. The summed E-state index contributed by atoms with van der Waals surface area (Å²) < 4.78 is 5.16. The number of rotatable bonds is 9. The average Bonchev–Trinajstić information content (AvgIpc) is 2.44. The van der Waals surface area contributed by atoms with Crippen LogP contribution in [0.3, 0.4) is 0 Å². The van der Waals surface area contributed by atoms with E-state index in [1.807, 2.05) is 6.07 Å². The molecule has 1 aromatic carbocycles. The van der Waals surface area contributed by atoms with Gasteiger partial charge in [0.2, 0.25) is 0 Å². The van der Waals surface area contributed by atoms with Gasteiger partial charge in [-0.1, -0.05) is 33.3 Å². The molecular weight excluding hydrogens is 264 g/mol. The molecule has 0 bridgehead atoms. The molecule has 0 unspecified atom stereocenters. The molecule has 1 rings (SSSR count). The lowest BCUT2D eigenvalue weighted by Crippen LogP contribution is -2.11. The molecule has 0 atom stereocenters. The van der Waals surface area contributed by atoms with E-state index < -0.39 is 5.97 Å². The SMILES string of the molecule is CCc1ccc(C(=O)O)c(CCOC)c1CCCC(C)C. The lowest BCUT2D eigenvalue weighted by molar-refractivity contribution is 0.0695. The summed E-state index contributed by atoms with van der Waals surface area (Å²) in [6.07, 6.45) is 4.85. The molecule has 0 aliphatic carbocycles. The van der Waals surface area contributed by atoms with E-state index in [0.717, 1.165) is 24.8 Å². The predicted octanol–water partition coefficient (Wildman–Crippen LogP) is 4.11. The van der Waals surface area contributed by atoms with E-state index in [1.54, 1.807) is 13.2 Å². The number of benzene rings is 1. The van der Waals surface area contributed by atoms with Gasteiger partial charge in [-0.3, -0.25) is 0 Å². The van der Waals surface area contributed by atoms with Crippen LogP contribution in [0.15, 0.2) is 12.1 Å². The highest BCUT2D eigenvalue weighted by atomic mass is 16.5. The van der Waals surface area contributed by atoms with Crippen LogP contribution in [0.2, 0.25) is 0 Å². The van der Waals surface area contributed by atoms with Crippen molar-refractivity contribution in [1.82, 2.24) is 0 Å². The second-order valence-electron chi connectivity index (χ2n) is 5.92. The van der Waals surface area contributed by atoms with Crippen molar-refractivity contribution in [3.05, 3.63) is 34.4 Å². The van der Waals surface area contributed by atoms with Crippen molar-refractivity contribution < 1.29 is 14.6 Å². The molecule has 1 aromatic rings. The molecule has 0 saturated heterocycles. The zero-order chi connectivity index (χ0) is 15.8. The summed E-state index contributed by atoms with van der Waals surface area (Å²) in [6, 6.07) is 3.72. The molecule has 0 aliphatic rings. The van der Waals surface area contributed by atoms with E-state index in [2.05, 4.69) is 20.8 Å². The van der Waals surface area contributed by atoms with Crippen LogP contribution in [0.1, 0.15) is 60.7 Å². The van der Waals surface area contributed by atoms with Crippen molar-refractivity contribution in [1.29, 1.82) is 0 Å². The van der Waals surface area contributed by atoms with Crippen LogP contribution < -0.4 is 0 Å². The third-order valence-corrected chi connectivity index (χ3v) is 3.90. The van der Waals surface area contributed by atoms with Crippen molar-refractivity contribution in [2.24, 2.45) is 5.92 Å². The van der Waals surface area contributed by atoms with E-state index in [-0.39, 0.29) is 0 Å². The summed E-state index contributed by atoms with van der Waals surface area (Å²) in [6.45, 7) is 7.13. The zero-order valence-electron chi connectivity index (χ0n) is 13.7. The molecule has 0 aliphatic heterocycles. The maximum absolute atomic E-state index is 11.5. The lowest BCUT2D eigenvalue weighted by atomic mass is 9.89. The number of carboxylic acid groups (broad SMARTS) is 1. The summed E-state index contributed by atoms with van der Waals surface area (Å²) in [7, 11) is 1.66.